The van der Waals surface area contributed by atoms with Crippen molar-refractivity contribution in [2.24, 2.45) is 12.0 Å². The van der Waals surface area contributed by atoms with Gasteiger partial charge in [-0.1, -0.05) is 29.0 Å². The fraction of sp³-hybridized carbons (Fsp3) is 0.300. The lowest BCUT2D eigenvalue weighted by molar-refractivity contribution is -0.118. The van der Waals surface area contributed by atoms with Crippen molar-refractivity contribution in [1.29, 1.82) is 0 Å². The van der Waals surface area contributed by atoms with Gasteiger partial charge in [-0.15, -0.1) is 0 Å². The lowest BCUT2D eigenvalue weighted by atomic mass is 10.1. The van der Waals surface area contributed by atoms with E-state index in [-0.39, 0.29) is 29.4 Å². The van der Waals surface area contributed by atoms with Crippen LogP contribution in [0.1, 0.15) is 24.0 Å². The highest BCUT2D eigenvalue weighted by Crippen LogP contribution is 2.22. The number of hydrogen-bond acceptors (Lipinski definition) is 4. The summed E-state index contributed by atoms with van der Waals surface area (Å²) in [6.45, 7) is 4.08. The maximum atomic E-state index is 12.3. The fourth-order valence-corrected chi connectivity index (χ4v) is 5.53. The van der Waals surface area contributed by atoms with Gasteiger partial charge in [-0.05, 0) is 61.7 Å². The molecule has 148 valence electrons. The maximum Gasteiger partial charge on any atom is 0.248 e. The minimum atomic E-state index is -3.44. The van der Waals surface area contributed by atoms with E-state index in [9.17, 15) is 13.2 Å². The van der Waals surface area contributed by atoms with Gasteiger partial charge in [-0.2, -0.15) is 4.99 Å². The Hall–Kier alpha value is -1.96. The van der Waals surface area contributed by atoms with Crippen LogP contribution in [-0.4, -0.2) is 24.6 Å². The molecule has 0 aliphatic rings. The van der Waals surface area contributed by atoms with E-state index in [1.165, 1.54) is 23.5 Å². The number of hydrogen-bond donors (Lipinski definition) is 0. The number of carbonyl (C=O) groups is 1. The van der Waals surface area contributed by atoms with E-state index in [0.29, 0.717) is 9.82 Å². The third kappa shape index (κ3) is 4.54. The predicted octanol–water partition coefficient (Wildman–Crippen LogP) is 4.19. The molecule has 28 heavy (non-hydrogen) atoms. The smallest absolute Gasteiger partial charge is 0.248 e. The normalized spacial score (nSPS) is 12.6. The molecule has 0 fully saturated rings. The van der Waals surface area contributed by atoms with Gasteiger partial charge in [0, 0.05) is 18.5 Å². The molecule has 0 aliphatic heterocycles. The topological polar surface area (TPSA) is 68.5 Å². The number of amides is 1. The SMILES string of the molecule is Cc1cc(C)c2sc(=NC(=O)CCCS(=O)(=O)c3ccc(Cl)cc3)n(C)c2c1. The Balaban J connectivity index is 1.72. The Morgan fingerprint density at radius 2 is 1.86 bits per heavy atom. The summed E-state index contributed by atoms with van der Waals surface area (Å²) < 4.78 is 27.7. The molecule has 0 bridgehead atoms. The van der Waals surface area contributed by atoms with Gasteiger partial charge in [0.2, 0.25) is 5.91 Å². The van der Waals surface area contributed by atoms with Crippen LogP contribution in [0.4, 0.5) is 0 Å². The fourth-order valence-electron chi connectivity index (χ4n) is 3.01. The first-order chi connectivity index (χ1) is 13.2. The number of aromatic nitrogens is 1. The first-order valence-corrected chi connectivity index (χ1v) is 11.6. The lowest BCUT2D eigenvalue weighted by Gasteiger charge is -2.03. The largest absolute Gasteiger partial charge is 0.319 e. The third-order valence-corrected chi connectivity index (χ3v) is 7.79. The van der Waals surface area contributed by atoms with Crippen molar-refractivity contribution in [3.05, 3.63) is 57.3 Å². The van der Waals surface area contributed by atoms with Crippen molar-refractivity contribution < 1.29 is 13.2 Å². The second kappa shape index (κ2) is 8.19. The van der Waals surface area contributed by atoms with Gasteiger partial charge in [0.05, 0.1) is 20.9 Å². The molecule has 2 aromatic carbocycles. The van der Waals surface area contributed by atoms with Crippen LogP contribution in [0.25, 0.3) is 10.2 Å². The summed E-state index contributed by atoms with van der Waals surface area (Å²) in [7, 11) is -1.56. The number of fused-ring (bicyclic) bond motifs is 1. The molecule has 0 N–H and O–H groups in total. The Kier molecular flexibility index (Phi) is 6.07. The van der Waals surface area contributed by atoms with Gasteiger partial charge < -0.3 is 4.57 Å². The summed E-state index contributed by atoms with van der Waals surface area (Å²) in [4.78, 5) is 17.3. The number of carbonyl (C=O) groups excluding carboxylic acids is 1. The Morgan fingerprint density at radius 3 is 2.54 bits per heavy atom. The molecule has 0 saturated heterocycles. The van der Waals surface area contributed by atoms with Gasteiger partial charge in [-0.3, -0.25) is 4.79 Å². The number of sulfone groups is 1. The summed E-state index contributed by atoms with van der Waals surface area (Å²) in [5.74, 6) is -0.421. The van der Waals surface area contributed by atoms with Gasteiger partial charge in [0.25, 0.3) is 0 Å². The van der Waals surface area contributed by atoms with E-state index in [1.807, 2.05) is 25.5 Å². The van der Waals surface area contributed by atoms with E-state index >= 15 is 0 Å². The summed E-state index contributed by atoms with van der Waals surface area (Å²) in [6, 6.07) is 10.2. The van der Waals surface area contributed by atoms with Crippen molar-refractivity contribution >= 4 is 48.9 Å². The van der Waals surface area contributed by atoms with Crippen molar-refractivity contribution in [3.8, 4) is 0 Å². The highest BCUT2D eigenvalue weighted by Gasteiger charge is 2.15. The van der Waals surface area contributed by atoms with Crippen LogP contribution in [0, 0.1) is 13.8 Å². The van der Waals surface area contributed by atoms with Crippen LogP contribution in [0.2, 0.25) is 5.02 Å². The molecule has 3 aromatic rings. The van der Waals surface area contributed by atoms with Crippen molar-refractivity contribution in [3.63, 3.8) is 0 Å². The zero-order valence-electron chi connectivity index (χ0n) is 15.9. The average molecular weight is 437 g/mol. The first kappa shape index (κ1) is 20.8. The van der Waals surface area contributed by atoms with Crippen molar-refractivity contribution in [2.45, 2.75) is 31.6 Å². The molecule has 8 heteroatoms. The summed E-state index contributed by atoms with van der Waals surface area (Å²) >= 11 is 7.26. The molecule has 0 radical (unpaired) electrons. The van der Waals surface area contributed by atoms with E-state index in [1.54, 1.807) is 12.1 Å². The van der Waals surface area contributed by atoms with Crippen LogP contribution < -0.4 is 4.80 Å². The highest BCUT2D eigenvalue weighted by molar-refractivity contribution is 7.91. The van der Waals surface area contributed by atoms with E-state index in [0.717, 1.165) is 21.3 Å². The van der Waals surface area contributed by atoms with Gasteiger partial charge in [-0.25, -0.2) is 8.42 Å². The van der Waals surface area contributed by atoms with E-state index < -0.39 is 9.84 Å². The molecule has 0 atom stereocenters. The summed E-state index contributed by atoms with van der Waals surface area (Å²) in [5.41, 5.74) is 3.35. The molecule has 3 rings (SSSR count). The maximum absolute atomic E-state index is 12.3. The molecule has 0 unspecified atom stereocenters. The molecule has 0 aliphatic carbocycles. The molecule has 5 nitrogen and oxygen atoms in total. The van der Waals surface area contributed by atoms with Crippen LogP contribution in [-0.2, 0) is 21.7 Å². The summed E-state index contributed by atoms with van der Waals surface area (Å²) in [5, 5.41) is 0.481. The van der Waals surface area contributed by atoms with Crippen molar-refractivity contribution in [1.82, 2.24) is 4.57 Å². The molecule has 1 aromatic heterocycles. The van der Waals surface area contributed by atoms with Crippen molar-refractivity contribution in [2.75, 3.05) is 5.75 Å². The Bertz CT molecular complexity index is 1210. The Morgan fingerprint density at radius 1 is 1.18 bits per heavy atom. The van der Waals surface area contributed by atoms with E-state index in [2.05, 4.69) is 17.1 Å². The molecule has 1 heterocycles. The average Bonchev–Trinajstić information content (AvgIpc) is 2.92. The highest BCUT2D eigenvalue weighted by atomic mass is 35.5. The third-order valence-electron chi connectivity index (χ3n) is 4.44. The van der Waals surface area contributed by atoms with Crippen LogP contribution in [0.5, 0.6) is 0 Å². The monoisotopic (exact) mass is 436 g/mol. The predicted molar refractivity (Wildman–Crippen MR) is 114 cm³/mol. The number of aryl methyl sites for hydroxylation is 3. The van der Waals surface area contributed by atoms with Crippen LogP contribution in [0.3, 0.4) is 0 Å². The quantitative estimate of drug-likeness (QED) is 0.602. The van der Waals surface area contributed by atoms with E-state index in [4.69, 9.17) is 11.6 Å². The molecule has 0 spiro atoms. The zero-order chi connectivity index (χ0) is 20.5. The minimum absolute atomic E-state index is 0.0824. The molecule has 1 amide bonds. The van der Waals surface area contributed by atoms with Gasteiger partial charge in [0.1, 0.15) is 0 Å². The lowest BCUT2D eigenvalue weighted by Crippen LogP contribution is -2.14. The second-order valence-electron chi connectivity index (χ2n) is 6.76. The number of benzene rings is 2. The number of thiazole rings is 1. The summed E-state index contributed by atoms with van der Waals surface area (Å²) in [6.07, 6.45) is 0.305. The molecule has 0 saturated carbocycles. The first-order valence-electron chi connectivity index (χ1n) is 8.80. The number of halogens is 1. The van der Waals surface area contributed by atoms with Gasteiger partial charge in [0.15, 0.2) is 14.6 Å². The Labute approximate surface area is 173 Å². The van der Waals surface area contributed by atoms with Gasteiger partial charge >= 0.3 is 0 Å². The van der Waals surface area contributed by atoms with Crippen LogP contribution >= 0.6 is 22.9 Å². The molecular weight excluding hydrogens is 416 g/mol. The number of rotatable bonds is 5. The minimum Gasteiger partial charge on any atom is -0.319 e. The zero-order valence-corrected chi connectivity index (χ0v) is 18.3. The molecular formula is C20H21ClN2O3S2. The standard InChI is InChI=1S/C20H21ClN2O3S2/c1-13-11-14(2)19-17(12-13)23(3)20(27-19)22-18(24)5-4-10-28(25,26)16-8-6-15(21)7-9-16/h6-9,11-12H,4-5,10H2,1-3H3. The second-order valence-corrected chi connectivity index (χ2v) is 10.3. The van der Waals surface area contributed by atoms with Crippen LogP contribution in [0.15, 0.2) is 46.3 Å². The number of nitrogens with zero attached hydrogens (tertiary/aromatic N) is 2.